The standard InChI is InChI=1S/C19H16O/c1-20-19-13-11-18(12-14-19)17-9-7-16(8-10-17)15-5-3-2-4-6-15/h2-14H,1H3. The summed E-state index contributed by atoms with van der Waals surface area (Å²) < 4.78 is 5.18. The van der Waals surface area contributed by atoms with Crippen molar-refractivity contribution in [2.75, 3.05) is 7.11 Å². The average molecular weight is 260 g/mol. The van der Waals surface area contributed by atoms with E-state index in [1.807, 2.05) is 18.2 Å². The highest BCUT2D eigenvalue weighted by atomic mass is 16.5. The van der Waals surface area contributed by atoms with Gasteiger partial charge in [0, 0.05) is 0 Å². The maximum atomic E-state index is 5.18. The van der Waals surface area contributed by atoms with E-state index >= 15 is 0 Å². The zero-order valence-electron chi connectivity index (χ0n) is 11.4. The molecule has 0 aromatic heterocycles. The molecule has 0 heterocycles. The van der Waals surface area contributed by atoms with E-state index in [0.29, 0.717) is 0 Å². The molecule has 3 aromatic carbocycles. The number of ether oxygens (including phenoxy) is 1. The molecule has 0 aliphatic rings. The van der Waals surface area contributed by atoms with Gasteiger partial charge in [-0.1, -0.05) is 66.7 Å². The van der Waals surface area contributed by atoms with E-state index in [9.17, 15) is 0 Å². The van der Waals surface area contributed by atoms with Gasteiger partial charge >= 0.3 is 0 Å². The first-order chi connectivity index (χ1) is 9.86. The second-order valence-corrected chi connectivity index (χ2v) is 4.67. The van der Waals surface area contributed by atoms with Crippen LogP contribution in [0.3, 0.4) is 0 Å². The van der Waals surface area contributed by atoms with Gasteiger partial charge in [0.05, 0.1) is 7.11 Å². The summed E-state index contributed by atoms with van der Waals surface area (Å²) in [6.45, 7) is 0. The minimum absolute atomic E-state index is 0.884. The lowest BCUT2D eigenvalue weighted by Gasteiger charge is -2.06. The molecule has 20 heavy (non-hydrogen) atoms. The molecular weight excluding hydrogens is 244 g/mol. The quantitative estimate of drug-likeness (QED) is 0.641. The van der Waals surface area contributed by atoms with Crippen LogP contribution in [0.15, 0.2) is 78.9 Å². The summed E-state index contributed by atoms with van der Waals surface area (Å²) in [5.74, 6) is 0.884. The van der Waals surface area contributed by atoms with E-state index in [1.165, 1.54) is 22.3 Å². The molecule has 3 rings (SSSR count). The van der Waals surface area contributed by atoms with Gasteiger partial charge in [0.25, 0.3) is 0 Å². The second-order valence-electron chi connectivity index (χ2n) is 4.67. The Kier molecular flexibility index (Phi) is 3.51. The van der Waals surface area contributed by atoms with Gasteiger partial charge in [-0.15, -0.1) is 0 Å². The molecule has 0 aliphatic carbocycles. The Balaban J connectivity index is 1.89. The monoisotopic (exact) mass is 260 g/mol. The molecule has 1 heteroatoms. The molecule has 0 spiro atoms. The third kappa shape index (κ3) is 2.57. The van der Waals surface area contributed by atoms with E-state index in [4.69, 9.17) is 4.74 Å². The second kappa shape index (κ2) is 5.62. The number of hydrogen-bond acceptors (Lipinski definition) is 1. The Morgan fingerprint density at radius 1 is 0.500 bits per heavy atom. The summed E-state index contributed by atoms with van der Waals surface area (Å²) in [5, 5.41) is 0. The molecule has 0 unspecified atom stereocenters. The topological polar surface area (TPSA) is 9.23 Å². The predicted octanol–water partition coefficient (Wildman–Crippen LogP) is 5.03. The van der Waals surface area contributed by atoms with Crippen molar-refractivity contribution in [3.8, 4) is 28.0 Å². The molecule has 0 saturated carbocycles. The maximum Gasteiger partial charge on any atom is 0.118 e. The third-order valence-electron chi connectivity index (χ3n) is 3.42. The Hall–Kier alpha value is -2.54. The lowest BCUT2D eigenvalue weighted by molar-refractivity contribution is 0.415. The van der Waals surface area contributed by atoms with Gasteiger partial charge in [0.1, 0.15) is 5.75 Å². The first-order valence-electron chi connectivity index (χ1n) is 6.67. The van der Waals surface area contributed by atoms with Crippen LogP contribution in [-0.2, 0) is 0 Å². The molecule has 0 amide bonds. The minimum Gasteiger partial charge on any atom is -0.497 e. The lowest BCUT2D eigenvalue weighted by atomic mass is 10.0. The Bertz CT molecular complexity index is 667. The highest BCUT2D eigenvalue weighted by molar-refractivity contribution is 5.70. The Morgan fingerprint density at radius 2 is 0.900 bits per heavy atom. The zero-order valence-corrected chi connectivity index (χ0v) is 11.4. The summed E-state index contributed by atoms with van der Waals surface area (Å²) >= 11 is 0. The fourth-order valence-corrected chi connectivity index (χ4v) is 2.27. The van der Waals surface area contributed by atoms with Crippen LogP contribution in [0.1, 0.15) is 0 Å². The van der Waals surface area contributed by atoms with Crippen molar-refractivity contribution in [3.63, 3.8) is 0 Å². The van der Waals surface area contributed by atoms with Crippen LogP contribution in [0.5, 0.6) is 5.75 Å². The maximum absolute atomic E-state index is 5.18. The Labute approximate surface area is 119 Å². The first kappa shape index (κ1) is 12.5. The SMILES string of the molecule is COc1ccc(-c2ccc(-c3ccccc3)cc2)cc1. The van der Waals surface area contributed by atoms with Crippen LogP contribution in [0.4, 0.5) is 0 Å². The molecule has 0 N–H and O–H groups in total. The molecule has 3 aromatic rings. The van der Waals surface area contributed by atoms with Gasteiger partial charge in [-0.2, -0.15) is 0 Å². The van der Waals surface area contributed by atoms with Crippen LogP contribution < -0.4 is 4.74 Å². The van der Waals surface area contributed by atoms with Crippen molar-refractivity contribution in [1.29, 1.82) is 0 Å². The molecular formula is C19H16O. The van der Waals surface area contributed by atoms with E-state index in [-0.39, 0.29) is 0 Å². The molecule has 0 radical (unpaired) electrons. The number of hydrogen-bond donors (Lipinski definition) is 0. The summed E-state index contributed by atoms with van der Waals surface area (Å²) in [7, 11) is 1.68. The fraction of sp³-hybridized carbons (Fsp3) is 0.0526. The van der Waals surface area contributed by atoms with Gasteiger partial charge in [-0.05, 0) is 34.4 Å². The van der Waals surface area contributed by atoms with Crippen LogP contribution in [0, 0.1) is 0 Å². The summed E-state index contributed by atoms with van der Waals surface area (Å²) in [5.41, 5.74) is 4.90. The van der Waals surface area contributed by atoms with Crippen molar-refractivity contribution < 1.29 is 4.74 Å². The molecule has 0 fully saturated rings. The predicted molar refractivity (Wildman–Crippen MR) is 83.9 cm³/mol. The van der Waals surface area contributed by atoms with Crippen molar-refractivity contribution in [2.45, 2.75) is 0 Å². The van der Waals surface area contributed by atoms with E-state index in [2.05, 4.69) is 60.7 Å². The zero-order chi connectivity index (χ0) is 13.8. The van der Waals surface area contributed by atoms with Crippen LogP contribution in [0.2, 0.25) is 0 Å². The first-order valence-corrected chi connectivity index (χ1v) is 6.67. The normalized spacial score (nSPS) is 10.2. The molecule has 1 nitrogen and oxygen atoms in total. The fourth-order valence-electron chi connectivity index (χ4n) is 2.27. The lowest BCUT2D eigenvalue weighted by Crippen LogP contribution is -1.83. The van der Waals surface area contributed by atoms with Crippen LogP contribution >= 0.6 is 0 Å². The van der Waals surface area contributed by atoms with Crippen LogP contribution in [0.25, 0.3) is 22.3 Å². The van der Waals surface area contributed by atoms with Gasteiger partial charge in [0.15, 0.2) is 0 Å². The van der Waals surface area contributed by atoms with Crippen molar-refractivity contribution >= 4 is 0 Å². The summed E-state index contributed by atoms with van der Waals surface area (Å²) in [6, 6.07) is 27.2. The third-order valence-corrected chi connectivity index (χ3v) is 3.42. The number of rotatable bonds is 3. The highest BCUT2D eigenvalue weighted by Gasteiger charge is 2.00. The highest BCUT2D eigenvalue weighted by Crippen LogP contribution is 2.26. The van der Waals surface area contributed by atoms with Crippen molar-refractivity contribution in [1.82, 2.24) is 0 Å². The smallest absolute Gasteiger partial charge is 0.118 e. The number of methoxy groups -OCH3 is 1. The van der Waals surface area contributed by atoms with E-state index < -0.39 is 0 Å². The van der Waals surface area contributed by atoms with Crippen LogP contribution in [-0.4, -0.2) is 7.11 Å². The van der Waals surface area contributed by atoms with Gasteiger partial charge in [-0.3, -0.25) is 0 Å². The summed E-state index contributed by atoms with van der Waals surface area (Å²) in [4.78, 5) is 0. The van der Waals surface area contributed by atoms with E-state index in [1.54, 1.807) is 7.11 Å². The van der Waals surface area contributed by atoms with E-state index in [0.717, 1.165) is 5.75 Å². The largest absolute Gasteiger partial charge is 0.497 e. The average Bonchev–Trinajstić information content (AvgIpc) is 2.56. The molecule has 98 valence electrons. The number of benzene rings is 3. The Morgan fingerprint density at radius 3 is 1.35 bits per heavy atom. The molecule has 0 saturated heterocycles. The molecule has 0 aliphatic heterocycles. The van der Waals surface area contributed by atoms with Crippen molar-refractivity contribution in [2.24, 2.45) is 0 Å². The van der Waals surface area contributed by atoms with Gasteiger partial charge in [-0.25, -0.2) is 0 Å². The van der Waals surface area contributed by atoms with Crippen molar-refractivity contribution in [3.05, 3.63) is 78.9 Å². The molecule has 0 atom stereocenters. The minimum atomic E-state index is 0.884. The molecule has 0 bridgehead atoms. The van der Waals surface area contributed by atoms with Gasteiger partial charge < -0.3 is 4.74 Å². The summed E-state index contributed by atoms with van der Waals surface area (Å²) in [6.07, 6.45) is 0. The van der Waals surface area contributed by atoms with Gasteiger partial charge in [0.2, 0.25) is 0 Å².